The molecule has 0 bridgehead atoms. The minimum absolute atomic E-state index is 0.0956. The predicted octanol–water partition coefficient (Wildman–Crippen LogP) is 2.29. The fraction of sp³-hybridized carbons (Fsp3) is 0.250. The first-order valence-electron chi connectivity index (χ1n) is 3.46. The number of hydrogen-bond acceptors (Lipinski definition) is 2. The summed E-state index contributed by atoms with van der Waals surface area (Å²) in [7, 11) is 0. The second-order valence-corrected chi connectivity index (χ2v) is 2.66. The van der Waals surface area contributed by atoms with E-state index < -0.39 is 0 Å². The fourth-order valence-corrected chi connectivity index (χ4v) is 1.38. The van der Waals surface area contributed by atoms with Crippen LogP contribution in [-0.4, -0.2) is 6.79 Å². The molecule has 0 unspecified atom stereocenters. The molecule has 0 aliphatic carbocycles. The van der Waals surface area contributed by atoms with E-state index in [1.807, 2.05) is 0 Å². The van der Waals surface area contributed by atoms with Gasteiger partial charge in [-0.1, -0.05) is 0 Å². The highest BCUT2D eigenvalue weighted by Crippen LogP contribution is 2.37. The summed E-state index contributed by atoms with van der Waals surface area (Å²) >= 11 is 5.54. The maximum absolute atomic E-state index is 13.0. The molecule has 1 heterocycles. The van der Waals surface area contributed by atoms with Gasteiger partial charge in [0.05, 0.1) is 5.88 Å². The van der Waals surface area contributed by atoms with Crippen molar-refractivity contribution in [1.82, 2.24) is 0 Å². The number of ether oxygens (including phenoxy) is 2. The van der Waals surface area contributed by atoms with E-state index in [2.05, 4.69) is 0 Å². The van der Waals surface area contributed by atoms with E-state index in [4.69, 9.17) is 21.1 Å². The number of alkyl halides is 1. The third-order valence-corrected chi connectivity index (χ3v) is 1.99. The zero-order chi connectivity index (χ0) is 8.55. The van der Waals surface area contributed by atoms with Crippen LogP contribution in [0.1, 0.15) is 5.56 Å². The maximum atomic E-state index is 13.0. The second kappa shape index (κ2) is 2.83. The van der Waals surface area contributed by atoms with E-state index in [0.717, 1.165) is 0 Å². The largest absolute Gasteiger partial charge is 0.454 e. The first kappa shape index (κ1) is 7.68. The lowest BCUT2D eigenvalue weighted by molar-refractivity contribution is 0.173. The molecule has 0 radical (unpaired) electrons. The van der Waals surface area contributed by atoms with Gasteiger partial charge in [-0.2, -0.15) is 0 Å². The standard InChI is InChI=1S/C8H6ClFO2/c9-3-5-6(10)1-2-7-8(5)12-4-11-7/h1-2H,3-4H2. The Balaban J connectivity index is 2.57. The van der Waals surface area contributed by atoms with Gasteiger partial charge in [0.25, 0.3) is 0 Å². The lowest BCUT2D eigenvalue weighted by Crippen LogP contribution is -1.94. The number of hydrogen-bond donors (Lipinski definition) is 0. The number of halogens is 2. The van der Waals surface area contributed by atoms with E-state index >= 15 is 0 Å². The lowest BCUT2D eigenvalue weighted by Gasteiger charge is -2.02. The van der Waals surface area contributed by atoms with E-state index in [1.165, 1.54) is 12.1 Å². The summed E-state index contributed by atoms with van der Waals surface area (Å²) in [6.45, 7) is 0.142. The summed E-state index contributed by atoms with van der Waals surface area (Å²) in [5.74, 6) is 0.740. The van der Waals surface area contributed by atoms with E-state index in [9.17, 15) is 4.39 Å². The average Bonchev–Trinajstić information content (AvgIpc) is 2.52. The topological polar surface area (TPSA) is 18.5 Å². The highest BCUT2D eigenvalue weighted by Gasteiger charge is 2.19. The van der Waals surface area contributed by atoms with Crippen molar-refractivity contribution in [2.75, 3.05) is 6.79 Å². The van der Waals surface area contributed by atoms with Crippen molar-refractivity contribution >= 4 is 11.6 Å². The zero-order valence-electron chi connectivity index (χ0n) is 6.14. The Morgan fingerprint density at radius 1 is 1.42 bits per heavy atom. The van der Waals surface area contributed by atoms with Crippen LogP contribution >= 0.6 is 11.6 Å². The number of rotatable bonds is 1. The summed E-state index contributed by atoms with van der Waals surface area (Å²) in [5, 5.41) is 0. The summed E-state index contributed by atoms with van der Waals surface area (Å²) < 4.78 is 23.1. The molecule has 1 aliphatic heterocycles. The molecular formula is C8H6ClFO2. The van der Waals surface area contributed by atoms with Crippen LogP contribution in [0, 0.1) is 5.82 Å². The van der Waals surface area contributed by atoms with Crippen LogP contribution in [0.5, 0.6) is 11.5 Å². The Morgan fingerprint density at radius 3 is 3.00 bits per heavy atom. The van der Waals surface area contributed by atoms with Gasteiger partial charge in [-0.3, -0.25) is 0 Å². The predicted molar refractivity (Wildman–Crippen MR) is 42.1 cm³/mol. The van der Waals surface area contributed by atoms with Crippen molar-refractivity contribution in [2.24, 2.45) is 0 Å². The van der Waals surface area contributed by atoms with Crippen molar-refractivity contribution in [3.63, 3.8) is 0 Å². The van der Waals surface area contributed by atoms with Crippen LogP contribution in [0.4, 0.5) is 4.39 Å². The molecule has 4 heteroatoms. The van der Waals surface area contributed by atoms with Crippen LogP contribution in [0.2, 0.25) is 0 Å². The van der Waals surface area contributed by atoms with Gasteiger partial charge < -0.3 is 9.47 Å². The molecule has 1 aromatic carbocycles. The Bertz CT molecular complexity index is 314. The van der Waals surface area contributed by atoms with Crippen LogP contribution in [0.25, 0.3) is 0 Å². The maximum Gasteiger partial charge on any atom is 0.231 e. The molecule has 1 aromatic rings. The normalized spacial score (nSPS) is 13.5. The monoisotopic (exact) mass is 188 g/mol. The minimum Gasteiger partial charge on any atom is -0.454 e. The Morgan fingerprint density at radius 2 is 2.25 bits per heavy atom. The van der Waals surface area contributed by atoms with Gasteiger partial charge in [0, 0.05) is 5.56 Å². The molecule has 12 heavy (non-hydrogen) atoms. The van der Waals surface area contributed by atoms with Crippen LogP contribution < -0.4 is 9.47 Å². The molecule has 0 spiro atoms. The molecule has 0 amide bonds. The van der Waals surface area contributed by atoms with E-state index in [-0.39, 0.29) is 18.5 Å². The molecule has 1 aliphatic rings. The highest BCUT2D eigenvalue weighted by atomic mass is 35.5. The van der Waals surface area contributed by atoms with Gasteiger partial charge in [-0.15, -0.1) is 11.6 Å². The van der Waals surface area contributed by atoms with Crippen molar-refractivity contribution in [1.29, 1.82) is 0 Å². The van der Waals surface area contributed by atoms with Gasteiger partial charge in [0.1, 0.15) is 5.82 Å². The first-order chi connectivity index (χ1) is 5.83. The van der Waals surface area contributed by atoms with Crippen molar-refractivity contribution < 1.29 is 13.9 Å². The average molecular weight is 189 g/mol. The molecule has 0 saturated heterocycles. The number of benzene rings is 1. The zero-order valence-corrected chi connectivity index (χ0v) is 6.90. The fourth-order valence-electron chi connectivity index (χ4n) is 1.13. The van der Waals surface area contributed by atoms with E-state index in [1.54, 1.807) is 0 Å². The second-order valence-electron chi connectivity index (χ2n) is 2.39. The van der Waals surface area contributed by atoms with Gasteiger partial charge in [-0.25, -0.2) is 4.39 Å². The smallest absolute Gasteiger partial charge is 0.231 e. The lowest BCUT2D eigenvalue weighted by atomic mass is 10.2. The molecule has 0 atom stereocenters. The quantitative estimate of drug-likeness (QED) is 0.630. The van der Waals surface area contributed by atoms with Gasteiger partial charge >= 0.3 is 0 Å². The van der Waals surface area contributed by atoms with Crippen molar-refractivity contribution in [3.05, 3.63) is 23.5 Å². The summed E-state index contributed by atoms with van der Waals surface area (Å²) in [5.41, 5.74) is 0.367. The third-order valence-electron chi connectivity index (χ3n) is 1.72. The molecule has 2 rings (SSSR count). The van der Waals surface area contributed by atoms with Gasteiger partial charge in [-0.05, 0) is 12.1 Å². The van der Waals surface area contributed by atoms with Crippen LogP contribution in [0.15, 0.2) is 12.1 Å². The van der Waals surface area contributed by atoms with Gasteiger partial charge in [0.15, 0.2) is 11.5 Å². The summed E-state index contributed by atoms with van der Waals surface area (Å²) in [6, 6.07) is 2.86. The van der Waals surface area contributed by atoms with Gasteiger partial charge in [0.2, 0.25) is 6.79 Å². The Labute approximate surface area is 73.9 Å². The molecule has 2 nitrogen and oxygen atoms in total. The molecular weight excluding hydrogens is 183 g/mol. The highest BCUT2D eigenvalue weighted by molar-refractivity contribution is 6.17. The molecule has 0 N–H and O–H groups in total. The summed E-state index contributed by atoms with van der Waals surface area (Å²) in [6.07, 6.45) is 0. The molecule has 0 aromatic heterocycles. The molecule has 0 fully saturated rings. The Kier molecular flexibility index (Phi) is 1.81. The van der Waals surface area contributed by atoms with Crippen LogP contribution in [-0.2, 0) is 5.88 Å². The van der Waals surface area contributed by atoms with E-state index in [0.29, 0.717) is 17.1 Å². The Hall–Kier alpha value is -0.960. The van der Waals surface area contributed by atoms with Crippen LogP contribution in [0.3, 0.4) is 0 Å². The first-order valence-corrected chi connectivity index (χ1v) is 3.99. The summed E-state index contributed by atoms with van der Waals surface area (Å²) in [4.78, 5) is 0. The van der Waals surface area contributed by atoms with Crippen molar-refractivity contribution in [3.8, 4) is 11.5 Å². The molecule has 0 saturated carbocycles. The SMILES string of the molecule is Fc1ccc2c(c1CCl)OCO2. The minimum atomic E-state index is -0.353. The van der Waals surface area contributed by atoms with Crippen molar-refractivity contribution in [2.45, 2.75) is 5.88 Å². The number of fused-ring (bicyclic) bond motifs is 1. The third kappa shape index (κ3) is 1.01. The molecule has 64 valence electrons.